The molecule has 4 rings (SSSR count). The molecule has 1 saturated heterocycles. The van der Waals surface area contributed by atoms with Crippen molar-refractivity contribution in [2.45, 2.75) is 25.6 Å². The van der Waals surface area contributed by atoms with Crippen molar-refractivity contribution in [1.29, 1.82) is 0 Å². The number of ether oxygens (including phenoxy) is 1. The van der Waals surface area contributed by atoms with Crippen LogP contribution in [-0.4, -0.2) is 52.4 Å². The predicted octanol–water partition coefficient (Wildman–Crippen LogP) is 1.67. The number of aromatic nitrogens is 2. The Kier molecular flexibility index (Phi) is 3.83. The second kappa shape index (κ2) is 5.98. The molecule has 5 nitrogen and oxygen atoms in total. The summed E-state index contributed by atoms with van der Waals surface area (Å²) in [6.07, 6.45) is 5.15. The van der Waals surface area contributed by atoms with Gasteiger partial charge < -0.3 is 9.64 Å². The van der Waals surface area contributed by atoms with Gasteiger partial charge in [-0.2, -0.15) is 5.10 Å². The van der Waals surface area contributed by atoms with E-state index in [1.54, 1.807) is 0 Å². The van der Waals surface area contributed by atoms with Gasteiger partial charge >= 0.3 is 0 Å². The Hall–Kier alpha value is -1.85. The van der Waals surface area contributed by atoms with Crippen molar-refractivity contribution in [2.75, 3.05) is 26.7 Å². The van der Waals surface area contributed by atoms with E-state index in [9.17, 15) is 0 Å². The molecule has 122 valence electrons. The van der Waals surface area contributed by atoms with Gasteiger partial charge in [0.2, 0.25) is 0 Å². The zero-order chi connectivity index (χ0) is 15.8. The lowest BCUT2D eigenvalue weighted by molar-refractivity contribution is 0.270. The Morgan fingerprint density at radius 2 is 2.22 bits per heavy atom. The minimum absolute atomic E-state index is 0.535. The van der Waals surface area contributed by atoms with Crippen LogP contribution in [0.1, 0.15) is 16.7 Å². The van der Waals surface area contributed by atoms with Crippen molar-refractivity contribution in [3.63, 3.8) is 0 Å². The third-order valence-corrected chi connectivity index (χ3v) is 4.82. The molecule has 0 N–H and O–H groups in total. The van der Waals surface area contributed by atoms with Crippen LogP contribution in [-0.2, 0) is 26.6 Å². The van der Waals surface area contributed by atoms with Crippen molar-refractivity contribution in [2.24, 2.45) is 7.05 Å². The molecule has 0 radical (unpaired) electrons. The van der Waals surface area contributed by atoms with Gasteiger partial charge in [0.15, 0.2) is 0 Å². The highest BCUT2D eigenvalue weighted by Crippen LogP contribution is 2.29. The summed E-state index contributed by atoms with van der Waals surface area (Å²) in [4.78, 5) is 4.79. The van der Waals surface area contributed by atoms with Crippen LogP contribution in [0.5, 0.6) is 5.75 Å². The van der Waals surface area contributed by atoms with E-state index in [1.807, 2.05) is 17.9 Å². The van der Waals surface area contributed by atoms with Crippen LogP contribution in [0.4, 0.5) is 0 Å². The van der Waals surface area contributed by atoms with Crippen molar-refractivity contribution in [3.05, 3.63) is 47.3 Å². The van der Waals surface area contributed by atoms with Crippen LogP contribution in [0, 0.1) is 0 Å². The number of fused-ring (bicyclic) bond motifs is 1. The largest absolute Gasteiger partial charge is 0.492 e. The molecule has 2 aromatic rings. The fourth-order valence-electron chi connectivity index (χ4n) is 3.37. The predicted molar refractivity (Wildman–Crippen MR) is 89.4 cm³/mol. The van der Waals surface area contributed by atoms with E-state index in [2.05, 4.69) is 46.3 Å². The maximum atomic E-state index is 6.16. The standard InChI is InChI=1S/C18H24N4O/c1-20-7-6-15-4-3-5-18(17(15)12-20)23-13-16-11-22(16)10-14-8-19-21(2)9-14/h3-5,8-9,16H,6-7,10-13H2,1-2H3. The molecule has 0 aliphatic carbocycles. The molecule has 0 amide bonds. The van der Waals surface area contributed by atoms with Gasteiger partial charge in [0.25, 0.3) is 0 Å². The Morgan fingerprint density at radius 1 is 1.30 bits per heavy atom. The summed E-state index contributed by atoms with van der Waals surface area (Å²) in [7, 11) is 4.14. The molecule has 1 aromatic carbocycles. The summed E-state index contributed by atoms with van der Waals surface area (Å²) < 4.78 is 8.02. The number of aryl methyl sites for hydroxylation is 1. The number of likely N-dealkylation sites (N-methyl/N-ethyl adjacent to an activating group) is 1. The minimum atomic E-state index is 0.535. The molecule has 3 heterocycles. The summed E-state index contributed by atoms with van der Waals surface area (Å²) in [6.45, 7) is 5.00. The van der Waals surface area contributed by atoms with Gasteiger partial charge in [-0.1, -0.05) is 12.1 Å². The summed E-state index contributed by atoms with van der Waals surface area (Å²) in [5, 5.41) is 4.23. The quantitative estimate of drug-likeness (QED) is 0.787. The first-order chi connectivity index (χ1) is 11.2. The smallest absolute Gasteiger partial charge is 0.124 e. The van der Waals surface area contributed by atoms with Crippen LogP contribution < -0.4 is 4.74 Å². The molecule has 0 saturated carbocycles. The van der Waals surface area contributed by atoms with Crippen LogP contribution in [0.15, 0.2) is 30.6 Å². The van der Waals surface area contributed by atoms with Crippen LogP contribution in [0.2, 0.25) is 0 Å². The van der Waals surface area contributed by atoms with Crippen molar-refractivity contribution in [3.8, 4) is 5.75 Å². The Balaban J connectivity index is 1.34. The molecule has 0 spiro atoms. The van der Waals surface area contributed by atoms with E-state index in [0.29, 0.717) is 6.04 Å². The highest BCUT2D eigenvalue weighted by molar-refractivity contribution is 5.41. The highest BCUT2D eigenvalue weighted by Gasteiger charge is 2.34. The van der Waals surface area contributed by atoms with E-state index >= 15 is 0 Å². The molecule has 5 heteroatoms. The summed E-state index contributed by atoms with van der Waals surface area (Å²) in [5.74, 6) is 1.07. The van der Waals surface area contributed by atoms with E-state index in [4.69, 9.17) is 4.74 Å². The van der Waals surface area contributed by atoms with E-state index in [-0.39, 0.29) is 0 Å². The summed E-state index contributed by atoms with van der Waals surface area (Å²) >= 11 is 0. The maximum Gasteiger partial charge on any atom is 0.124 e. The van der Waals surface area contributed by atoms with Gasteiger partial charge in [0.05, 0.1) is 12.2 Å². The fraction of sp³-hybridized carbons (Fsp3) is 0.500. The zero-order valence-electron chi connectivity index (χ0n) is 13.9. The van der Waals surface area contributed by atoms with Crippen molar-refractivity contribution in [1.82, 2.24) is 19.6 Å². The maximum absolute atomic E-state index is 6.16. The normalized spacial score (nSPS) is 23.6. The third-order valence-electron chi connectivity index (χ3n) is 4.82. The second-order valence-electron chi connectivity index (χ2n) is 6.80. The number of nitrogens with zero attached hydrogens (tertiary/aromatic N) is 4. The minimum Gasteiger partial charge on any atom is -0.492 e. The SMILES string of the molecule is CN1CCc2cccc(OCC3CN3Cc3cnn(C)c3)c2C1. The topological polar surface area (TPSA) is 33.3 Å². The highest BCUT2D eigenvalue weighted by atomic mass is 16.5. The lowest BCUT2D eigenvalue weighted by Gasteiger charge is -2.26. The second-order valence-corrected chi connectivity index (χ2v) is 6.80. The number of hydrogen-bond donors (Lipinski definition) is 0. The van der Waals surface area contributed by atoms with Crippen LogP contribution in [0.3, 0.4) is 0 Å². The lowest BCUT2D eigenvalue weighted by atomic mass is 9.99. The fourth-order valence-corrected chi connectivity index (χ4v) is 3.37. The van der Waals surface area contributed by atoms with Gasteiger partial charge in [-0.15, -0.1) is 0 Å². The molecular weight excluding hydrogens is 288 g/mol. The molecule has 2 aliphatic rings. The molecule has 1 aromatic heterocycles. The van der Waals surface area contributed by atoms with Crippen LogP contribution in [0.25, 0.3) is 0 Å². The monoisotopic (exact) mass is 312 g/mol. The average Bonchev–Trinajstić information content (AvgIpc) is 3.15. The average molecular weight is 312 g/mol. The van der Waals surface area contributed by atoms with Crippen molar-refractivity contribution >= 4 is 0 Å². The number of hydrogen-bond acceptors (Lipinski definition) is 4. The number of benzene rings is 1. The number of rotatable bonds is 5. The summed E-state index contributed by atoms with van der Waals surface area (Å²) in [5.41, 5.74) is 4.10. The third kappa shape index (κ3) is 3.26. The van der Waals surface area contributed by atoms with E-state index in [1.165, 1.54) is 16.7 Å². The zero-order valence-corrected chi connectivity index (χ0v) is 13.9. The molecular formula is C18H24N4O. The molecule has 0 bridgehead atoms. The van der Waals surface area contributed by atoms with Gasteiger partial charge in [0.1, 0.15) is 12.4 Å². The molecule has 1 fully saturated rings. The van der Waals surface area contributed by atoms with Crippen molar-refractivity contribution < 1.29 is 4.74 Å². The van der Waals surface area contributed by atoms with Gasteiger partial charge in [-0.3, -0.25) is 9.58 Å². The first-order valence-corrected chi connectivity index (χ1v) is 8.33. The van der Waals surface area contributed by atoms with Gasteiger partial charge in [-0.05, 0) is 25.1 Å². The van der Waals surface area contributed by atoms with Gasteiger partial charge in [0, 0.05) is 50.6 Å². The Labute approximate surface area is 137 Å². The Bertz CT molecular complexity index is 696. The van der Waals surface area contributed by atoms with Gasteiger partial charge in [-0.25, -0.2) is 0 Å². The molecule has 2 unspecified atom stereocenters. The van der Waals surface area contributed by atoms with E-state index < -0.39 is 0 Å². The Morgan fingerprint density at radius 3 is 3.04 bits per heavy atom. The van der Waals surface area contributed by atoms with Crippen LogP contribution >= 0.6 is 0 Å². The van der Waals surface area contributed by atoms with E-state index in [0.717, 1.165) is 45.0 Å². The first kappa shape index (κ1) is 14.7. The molecule has 2 atom stereocenters. The lowest BCUT2D eigenvalue weighted by Crippen LogP contribution is -2.27. The molecule has 23 heavy (non-hydrogen) atoms. The molecule has 2 aliphatic heterocycles. The summed E-state index contributed by atoms with van der Waals surface area (Å²) in [6, 6.07) is 7.01. The first-order valence-electron chi connectivity index (χ1n) is 8.33.